The lowest BCUT2D eigenvalue weighted by Crippen LogP contribution is -2.48. The van der Waals surface area contributed by atoms with E-state index in [1.807, 2.05) is 84.9 Å². The van der Waals surface area contributed by atoms with Gasteiger partial charge in [-0.3, -0.25) is 9.36 Å². The van der Waals surface area contributed by atoms with E-state index >= 15 is 0 Å². The van der Waals surface area contributed by atoms with Crippen LogP contribution in [0.1, 0.15) is 65.2 Å². The van der Waals surface area contributed by atoms with Gasteiger partial charge in [-0.15, -0.1) is 0 Å². The van der Waals surface area contributed by atoms with Crippen molar-refractivity contribution in [3.8, 4) is 11.5 Å². The van der Waals surface area contributed by atoms with E-state index in [1.165, 1.54) is 17.2 Å². The minimum absolute atomic E-state index is 0.0696. The summed E-state index contributed by atoms with van der Waals surface area (Å²) < 4.78 is 38.1. The van der Waals surface area contributed by atoms with Crippen LogP contribution in [0, 0.1) is 0 Å². The number of benzene rings is 5. The Labute approximate surface area is 393 Å². The van der Waals surface area contributed by atoms with Crippen molar-refractivity contribution in [3.63, 3.8) is 0 Å². The number of aliphatic hydroxyl groups is 1. The fourth-order valence-corrected chi connectivity index (χ4v) is 8.19. The molecule has 0 aliphatic carbocycles. The number of ketones is 1. The van der Waals surface area contributed by atoms with E-state index in [4.69, 9.17) is 34.2 Å². The van der Waals surface area contributed by atoms with Gasteiger partial charge in [-0.05, 0) is 67.3 Å². The zero-order chi connectivity index (χ0) is 48.0. The zero-order valence-corrected chi connectivity index (χ0v) is 38.1. The maximum absolute atomic E-state index is 14.6. The Balaban J connectivity index is 1.14. The lowest BCUT2D eigenvalue weighted by molar-refractivity contribution is -0.161. The van der Waals surface area contributed by atoms with Crippen LogP contribution in [-0.4, -0.2) is 93.3 Å². The van der Waals surface area contributed by atoms with Crippen LogP contribution in [0.2, 0.25) is 0 Å². The Hall–Kier alpha value is -7.66. The maximum atomic E-state index is 14.6. The van der Waals surface area contributed by atoms with Crippen LogP contribution in [-0.2, 0) is 35.8 Å². The van der Waals surface area contributed by atoms with Gasteiger partial charge in [0, 0.05) is 17.5 Å². The number of hydrogen-bond acceptors (Lipinski definition) is 14. The van der Waals surface area contributed by atoms with Gasteiger partial charge >= 0.3 is 12.1 Å². The van der Waals surface area contributed by atoms with Crippen LogP contribution in [0.3, 0.4) is 0 Å². The quantitative estimate of drug-likeness (QED) is 0.0508. The number of hydrogen-bond donors (Lipinski definition) is 3. The summed E-state index contributed by atoms with van der Waals surface area (Å²) in [6, 6.07) is 38.8. The minimum Gasteiger partial charge on any atom is -0.497 e. The molecule has 7 aromatic rings. The molecule has 4 N–H and O–H groups in total. The number of carbonyl (C=O) groups is 3. The van der Waals surface area contributed by atoms with E-state index in [-0.39, 0.29) is 35.8 Å². The largest absolute Gasteiger partial charge is 0.497 e. The Morgan fingerprint density at radius 3 is 1.93 bits per heavy atom. The molecule has 1 saturated heterocycles. The monoisotopic (exact) mass is 920 g/mol. The zero-order valence-electron chi connectivity index (χ0n) is 38.1. The molecule has 0 spiro atoms. The Morgan fingerprint density at radius 1 is 0.765 bits per heavy atom. The summed E-state index contributed by atoms with van der Waals surface area (Å²) in [5.74, 6) is 0.296. The third-order valence-corrected chi connectivity index (χ3v) is 11.5. The number of fused-ring (bicyclic) bond motifs is 1. The third-order valence-electron chi connectivity index (χ3n) is 11.5. The molecule has 0 unspecified atom stereocenters. The molecule has 1 amide bonds. The normalized spacial score (nSPS) is 17.6. The van der Waals surface area contributed by atoms with Gasteiger partial charge in [0.05, 0.1) is 27.2 Å². The van der Waals surface area contributed by atoms with E-state index < -0.39 is 53.8 Å². The van der Waals surface area contributed by atoms with Gasteiger partial charge in [0.15, 0.2) is 29.6 Å². The van der Waals surface area contributed by atoms with Gasteiger partial charge in [-0.25, -0.2) is 24.5 Å². The van der Waals surface area contributed by atoms with Crippen molar-refractivity contribution in [2.24, 2.45) is 0 Å². The second-order valence-corrected chi connectivity index (χ2v) is 17.2. The number of nitrogens with one attached hydrogen (secondary N) is 1. The van der Waals surface area contributed by atoms with Gasteiger partial charge in [0.25, 0.3) is 0 Å². The van der Waals surface area contributed by atoms with Gasteiger partial charge in [-0.2, -0.15) is 0 Å². The SMILES string of the molecule is COc1ccc(C(OC[C@H]2O[C@@H](n3cnc4c(N)ncnc43)[C@H](OC(=O)[C@H](Cc3ccc(C(=O)c4ccccc4)cc3)NC(=O)OC(C)(C)C)[C@@H]2O)(c2ccccc2)c2ccc(OC)cc2)cc1. The number of imidazole rings is 1. The predicted octanol–water partition coefficient (Wildman–Crippen LogP) is 6.97. The summed E-state index contributed by atoms with van der Waals surface area (Å²) >= 11 is 0. The number of nitrogens with two attached hydrogens (primary N) is 1. The van der Waals surface area contributed by atoms with Crippen LogP contribution in [0.15, 0.2) is 146 Å². The molecule has 2 aromatic heterocycles. The first-order chi connectivity index (χ1) is 32.8. The lowest BCUT2D eigenvalue weighted by atomic mass is 9.80. The van der Waals surface area contributed by atoms with Crippen LogP contribution in [0.5, 0.6) is 11.5 Å². The number of carbonyl (C=O) groups excluding carboxylic acids is 3. The number of anilines is 1. The van der Waals surface area contributed by atoms with E-state index in [0.717, 1.165) is 16.7 Å². The average molecular weight is 921 g/mol. The van der Waals surface area contributed by atoms with Crippen molar-refractivity contribution in [2.75, 3.05) is 26.6 Å². The van der Waals surface area contributed by atoms with Crippen molar-refractivity contribution in [2.45, 2.75) is 69.0 Å². The second kappa shape index (κ2) is 20.1. The number of aliphatic hydroxyl groups excluding tert-OH is 1. The molecule has 16 nitrogen and oxygen atoms in total. The van der Waals surface area contributed by atoms with Crippen molar-refractivity contribution in [1.82, 2.24) is 24.8 Å². The molecule has 1 fully saturated rings. The molecule has 16 heteroatoms. The average Bonchev–Trinajstić information content (AvgIpc) is 3.92. The number of amides is 1. The molecule has 0 bridgehead atoms. The summed E-state index contributed by atoms with van der Waals surface area (Å²) in [7, 11) is 3.18. The third kappa shape index (κ3) is 10.0. The number of esters is 1. The molecule has 0 radical (unpaired) electrons. The van der Waals surface area contributed by atoms with Crippen LogP contribution >= 0.6 is 0 Å². The Bertz CT molecular complexity index is 2790. The number of rotatable bonds is 16. The summed E-state index contributed by atoms with van der Waals surface area (Å²) in [6.07, 6.45) is -3.59. The molecule has 8 rings (SSSR count). The number of aromatic nitrogens is 4. The highest BCUT2D eigenvalue weighted by atomic mass is 16.6. The first-order valence-electron chi connectivity index (χ1n) is 21.9. The molecule has 350 valence electrons. The van der Waals surface area contributed by atoms with E-state index in [0.29, 0.717) is 28.2 Å². The van der Waals surface area contributed by atoms with E-state index in [2.05, 4.69) is 20.3 Å². The van der Waals surface area contributed by atoms with Crippen molar-refractivity contribution in [1.29, 1.82) is 0 Å². The molecule has 1 aliphatic rings. The van der Waals surface area contributed by atoms with Gasteiger partial charge in [0.2, 0.25) is 0 Å². The summed E-state index contributed by atoms with van der Waals surface area (Å²) in [5.41, 5.74) is 8.31. The number of nitrogen functional groups attached to an aromatic ring is 1. The number of alkyl carbamates (subject to hydrolysis) is 1. The smallest absolute Gasteiger partial charge is 0.408 e. The van der Waals surface area contributed by atoms with Crippen molar-refractivity contribution < 1.29 is 47.9 Å². The Kier molecular flexibility index (Phi) is 13.8. The van der Waals surface area contributed by atoms with Gasteiger partial charge in [0.1, 0.15) is 52.8 Å². The lowest BCUT2D eigenvalue weighted by Gasteiger charge is -2.37. The second-order valence-electron chi connectivity index (χ2n) is 17.2. The molecule has 5 atom stereocenters. The molecule has 5 aromatic carbocycles. The molecular formula is C52H52N6O10. The fourth-order valence-electron chi connectivity index (χ4n) is 8.19. The van der Waals surface area contributed by atoms with Gasteiger partial charge < -0.3 is 44.6 Å². The topological polar surface area (TPSA) is 208 Å². The van der Waals surface area contributed by atoms with Gasteiger partial charge in [-0.1, -0.05) is 109 Å². The number of methoxy groups -OCH3 is 2. The van der Waals surface area contributed by atoms with E-state index in [9.17, 15) is 19.5 Å². The number of nitrogens with zero attached hydrogens (tertiary/aromatic N) is 4. The van der Waals surface area contributed by atoms with Crippen molar-refractivity contribution >= 4 is 34.8 Å². The van der Waals surface area contributed by atoms with Crippen molar-refractivity contribution in [3.05, 3.63) is 179 Å². The highest BCUT2D eigenvalue weighted by Crippen LogP contribution is 2.43. The summed E-state index contributed by atoms with van der Waals surface area (Å²) in [6.45, 7) is 4.85. The summed E-state index contributed by atoms with van der Waals surface area (Å²) in [5, 5.41) is 15.0. The molecule has 0 saturated carbocycles. The predicted molar refractivity (Wildman–Crippen MR) is 251 cm³/mol. The Morgan fingerprint density at radius 2 is 1.34 bits per heavy atom. The summed E-state index contributed by atoms with van der Waals surface area (Å²) in [4.78, 5) is 54.0. The molecular weight excluding hydrogens is 869 g/mol. The van der Waals surface area contributed by atoms with E-state index in [1.54, 1.807) is 83.5 Å². The van der Waals surface area contributed by atoms with Crippen LogP contribution in [0.4, 0.5) is 10.6 Å². The first-order valence-corrected chi connectivity index (χ1v) is 21.9. The standard InChI is InChI=1S/C52H52N6O10/c1-51(2,3)68-50(62)57-40(28-32-16-18-34(19-17-32)43(59)33-12-8-6-9-13-33)49(61)67-45-44(60)41(66-48(45)58-31-56-42-46(53)54-30-55-47(42)58)29-65-52(35-14-10-7-11-15-35,36-20-24-38(63-4)25-21-36)37-22-26-39(64-5)27-23-37/h6-27,30-31,40-41,44-45,48,60H,28-29H2,1-5H3,(H,57,62)(H2,53,54,55)/t40-,41+,44+,45+,48+/m0/s1. The highest BCUT2D eigenvalue weighted by Gasteiger charge is 2.50. The molecule has 1 aliphatic heterocycles. The van der Waals surface area contributed by atoms with Crippen LogP contribution in [0.25, 0.3) is 11.2 Å². The molecule has 68 heavy (non-hydrogen) atoms. The fraction of sp³-hybridized carbons (Fsp3) is 0.269. The highest BCUT2D eigenvalue weighted by molar-refractivity contribution is 6.09. The number of ether oxygens (including phenoxy) is 6. The maximum Gasteiger partial charge on any atom is 0.408 e. The first kappa shape index (κ1) is 46.9. The molecule has 3 heterocycles. The van der Waals surface area contributed by atoms with Crippen LogP contribution < -0.4 is 20.5 Å². The minimum atomic E-state index is -1.52.